The summed E-state index contributed by atoms with van der Waals surface area (Å²) in [7, 11) is 1.77. The molecule has 4 rings (SSSR count). The number of aromatic nitrogens is 4. The van der Waals surface area contributed by atoms with E-state index in [2.05, 4.69) is 15.0 Å². The van der Waals surface area contributed by atoms with Gasteiger partial charge in [-0.3, -0.25) is 9.59 Å². The average Bonchev–Trinajstić information content (AvgIpc) is 2.97. The monoisotopic (exact) mass is 323 g/mol. The Kier molecular flexibility index (Phi) is 2.55. The van der Waals surface area contributed by atoms with Gasteiger partial charge in [0.25, 0.3) is 0 Å². The largest absolute Gasteiger partial charge is 0.603 e. The van der Waals surface area contributed by atoms with Crippen molar-refractivity contribution in [1.29, 1.82) is 0 Å². The molecule has 0 spiro atoms. The fourth-order valence-electron chi connectivity index (χ4n) is 3.19. The number of hydrogen-bond donors (Lipinski definition) is 0. The highest BCUT2D eigenvalue weighted by Gasteiger charge is 2.65. The summed E-state index contributed by atoms with van der Waals surface area (Å²) in [4.78, 5) is 35.6. The van der Waals surface area contributed by atoms with Crippen LogP contribution in [0, 0.1) is 0 Å². The number of halogens is 1. The molecule has 22 heavy (non-hydrogen) atoms. The number of imidazole rings is 1. The maximum Gasteiger partial charge on any atom is 0.603 e. The van der Waals surface area contributed by atoms with E-state index in [1.54, 1.807) is 11.6 Å². The molecule has 114 valence electrons. The van der Waals surface area contributed by atoms with E-state index in [0.29, 0.717) is 11.2 Å². The quantitative estimate of drug-likeness (QED) is 0.544. The van der Waals surface area contributed by atoms with Gasteiger partial charge in [0, 0.05) is 13.5 Å². The predicted molar refractivity (Wildman–Crippen MR) is 74.2 cm³/mol. The van der Waals surface area contributed by atoms with E-state index in [4.69, 9.17) is 20.9 Å². The van der Waals surface area contributed by atoms with Crippen molar-refractivity contribution in [2.75, 3.05) is 20.1 Å². The summed E-state index contributed by atoms with van der Waals surface area (Å²) in [6, 6.07) is 0. The highest BCUT2D eigenvalue weighted by molar-refractivity contribution is 6.65. The topological polar surface area (TPSA) is 96.2 Å². The van der Waals surface area contributed by atoms with Gasteiger partial charge in [0.05, 0.1) is 6.33 Å². The molecule has 0 aliphatic carbocycles. The molecule has 2 fully saturated rings. The van der Waals surface area contributed by atoms with Crippen molar-refractivity contribution in [2.45, 2.75) is 6.44 Å². The van der Waals surface area contributed by atoms with Gasteiger partial charge in [0.15, 0.2) is 10.8 Å². The number of nitrogens with zero attached hydrogens (tertiary/aromatic N) is 5. The van der Waals surface area contributed by atoms with Gasteiger partial charge in [-0.25, -0.2) is 15.0 Å². The molecular weight excluding hydrogens is 312 g/mol. The van der Waals surface area contributed by atoms with Crippen molar-refractivity contribution in [1.82, 2.24) is 19.5 Å². The first-order valence-corrected chi connectivity index (χ1v) is 7.05. The van der Waals surface area contributed by atoms with Crippen LogP contribution in [0.5, 0.6) is 0 Å². The Balaban J connectivity index is 1.79. The van der Waals surface area contributed by atoms with E-state index < -0.39 is 6.69 Å². The Morgan fingerprint density at radius 1 is 1.27 bits per heavy atom. The number of rotatable bonds is 2. The van der Waals surface area contributed by atoms with Gasteiger partial charge in [-0.05, 0) is 0 Å². The minimum atomic E-state index is -2.17. The van der Waals surface area contributed by atoms with Crippen molar-refractivity contribution in [3.8, 4) is 0 Å². The van der Waals surface area contributed by atoms with Gasteiger partial charge in [-0.15, -0.1) is 0 Å². The minimum absolute atomic E-state index is 0.105. The number of quaternary nitrogens is 1. The number of hydrogen-bond acceptors (Lipinski definition) is 7. The van der Waals surface area contributed by atoms with Crippen molar-refractivity contribution in [2.24, 2.45) is 0 Å². The molecule has 0 bridgehead atoms. The zero-order valence-electron chi connectivity index (χ0n) is 11.6. The van der Waals surface area contributed by atoms with Crippen LogP contribution < -0.4 is 0 Å². The number of fused-ring (bicyclic) bond motifs is 2. The molecule has 0 saturated carbocycles. The summed E-state index contributed by atoms with van der Waals surface area (Å²) >= 11 is 5.97. The lowest BCUT2D eigenvalue weighted by Gasteiger charge is -2.39. The van der Waals surface area contributed by atoms with Crippen molar-refractivity contribution < 1.29 is 23.3 Å². The molecular formula is C11H11BClN5O4. The van der Waals surface area contributed by atoms with E-state index in [1.165, 1.54) is 12.7 Å². The molecule has 0 atom stereocenters. The molecule has 2 aromatic heterocycles. The molecule has 0 aromatic carbocycles. The van der Waals surface area contributed by atoms with E-state index >= 15 is 0 Å². The summed E-state index contributed by atoms with van der Waals surface area (Å²) < 4.78 is 12.6. The van der Waals surface area contributed by atoms with Crippen LogP contribution in [0.2, 0.25) is 5.15 Å². The molecule has 0 unspecified atom stereocenters. The Morgan fingerprint density at radius 3 is 2.64 bits per heavy atom. The third kappa shape index (κ3) is 1.67. The first-order valence-electron chi connectivity index (χ1n) is 6.67. The van der Waals surface area contributed by atoms with E-state index in [0.717, 1.165) is 0 Å². The fraction of sp³-hybridized carbons (Fsp3) is 0.364. The predicted octanol–water partition coefficient (Wildman–Crippen LogP) is -0.482. The van der Waals surface area contributed by atoms with Crippen LogP contribution in [-0.2, 0) is 25.3 Å². The third-order valence-electron chi connectivity index (χ3n) is 4.35. The molecule has 2 saturated heterocycles. The molecule has 2 aliphatic rings. The van der Waals surface area contributed by atoms with Crippen molar-refractivity contribution in [3.05, 3.63) is 17.8 Å². The summed E-state index contributed by atoms with van der Waals surface area (Å²) in [5.74, 6) is -0.765. The first-order chi connectivity index (χ1) is 10.4. The van der Waals surface area contributed by atoms with Crippen LogP contribution in [0.4, 0.5) is 0 Å². The van der Waals surface area contributed by atoms with Gasteiger partial charge in [-0.2, -0.15) is 0 Å². The van der Waals surface area contributed by atoms with Gasteiger partial charge in [-0.1, -0.05) is 11.6 Å². The number of carbonyl (C=O) groups is 2. The third-order valence-corrected chi connectivity index (χ3v) is 4.62. The Bertz CT molecular complexity index is 804. The van der Waals surface area contributed by atoms with Crippen molar-refractivity contribution in [3.63, 3.8) is 0 Å². The molecule has 11 heteroatoms. The lowest BCUT2D eigenvalue weighted by Crippen LogP contribution is -2.62. The Labute approximate surface area is 129 Å². The maximum atomic E-state index is 11.7. The summed E-state index contributed by atoms with van der Waals surface area (Å²) in [5.41, 5.74) is 0.938. The first kappa shape index (κ1) is 13.5. The zero-order chi connectivity index (χ0) is 15.5. The van der Waals surface area contributed by atoms with E-state index in [1.807, 2.05) is 0 Å². The van der Waals surface area contributed by atoms with E-state index in [-0.39, 0.29) is 41.0 Å². The molecule has 0 amide bonds. The number of carbonyl (C=O) groups excluding carboxylic acids is 2. The second-order valence-electron chi connectivity index (χ2n) is 5.83. The number of likely N-dealkylation sites (N-methyl/N-ethyl adjacent to an activating group) is 1. The lowest BCUT2D eigenvalue weighted by molar-refractivity contribution is -0.794. The second-order valence-corrected chi connectivity index (χ2v) is 6.19. The molecule has 0 radical (unpaired) electrons. The highest BCUT2D eigenvalue weighted by atomic mass is 35.5. The van der Waals surface area contributed by atoms with Crippen LogP contribution in [0.3, 0.4) is 0 Å². The normalized spacial score (nSPS) is 30.5. The molecule has 4 heterocycles. The molecule has 0 N–H and O–H groups in total. The molecule has 9 nitrogen and oxygen atoms in total. The van der Waals surface area contributed by atoms with Gasteiger partial charge in [0.1, 0.15) is 24.9 Å². The average molecular weight is 324 g/mol. The van der Waals surface area contributed by atoms with Gasteiger partial charge in [0.2, 0.25) is 0 Å². The zero-order valence-corrected chi connectivity index (χ0v) is 12.4. The smallest absolute Gasteiger partial charge is 0.599 e. The summed E-state index contributed by atoms with van der Waals surface area (Å²) in [5, 5.41) is 0.234. The summed E-state index contributed by atoms with van der Waals surface area (Å²) in [6.45, 7) is -1.96. The van der Waals surface area contributed by atoms with Crippen LogP contribution in [0.1, 0.15) is 0 Å². The molecule has 2 aliphatic heterocycles. The van der Waals surface area contributed by atoms with Crippen LogP contribution in [0.15, 0.2) is 12.7 Å². The molecule has 2 aromatic rings. The minimum Gasteiger partial charge on any atom is -0.599 e. The van der Waals surface area contributed by atoms with Crippen LogP contribution >= 0.6 is 11.6 Å². The van der Waals surface area contributed by atoms with Crippen LogP contribution in [-0.4, -0.2) is 62.7 Å². The Hall–Kier alpha value is -2.20. The maximum absolute atomic E-state index is 11.7. The highest BCUT2D eigenvalue weighted by Crippen LogP contribution is 2.35. The second kappa shape index (κ2) is 4.17. The summed E-state index contributed by atoms with van der Waals surface area (Å²) in [6.07, 6.45) is 2.99. The standard InChI is InChI=1S/C11H11BClN5O4/c1-18-2-7(19)21-12(18,22-8(20)3-18)4-17-6-16-9-10(13)14-5-15-11(9)17/h5-6H,2-4H2,1H3. The SMILES string of the molecule is C[N+]12CC(=O)O[B-]1(Cn1cnc3c(Cl)ncnc31)OC(=O)C2. The Morgan fingerprint density at radius 2 is 1.95 bits per heavy atom. The fourth-order valence-corrected chi connectivity index (χ4v) is 3.37. The van der Waals surface area contributed by atoms with Gasteiger partial charge >= 0.3 is 18.6 Å². The van der Waals surface area contributed by atoms with E-state index in [9.17, 15) is 9.59 Å². The van der Waals surface area contributed by atoms with Crippen LogP contribution in [0.25, 0.3) is 11.2 Å². The van der Waals surface area contributed by atoms with Gasteiger partial charge < -0.3 is 18.3 Å². The lowest BCUT2D eigenvalue weighted by atomic mass is 9.68. The van der Waals surface area contributed by atoms with Crippen molar-refractivity contribution >= 4 is 41.4 Å².